The summed E-state index contributed by atoms with van der Waals surface area (Å²) in [6, 6.07) is 30.0. The van der Waals surface area contributed by atoms with Gasteiger partial charge in [-0.2, -0.15) is 0 Å². The van der Waals surface area contributed by atoms with E-state index in [9.17, 15) is 14.0 Å². The Balaban J connectivity index is 1.56. The first-order chi connectivity index (χ1) is 22.0. The second kappa shape index (κ2) is 14.0. The van der Waals surface area contributed by atoms with Crippen molar-refractivity contribution in [3.63, 3.8) is 0 Å². The van der Waals surface area contributed by atoms with Crippen molar-refractivity contribution in [1.29, 1.82) is 0 Å². The molecular formula is C36H35BrFN3O4Si. The lowest BCUT2D eigenvalue weighted by atomic mass is 10.1. The minimum absolute atomic E-state index is 0.0201. The highest BCUT2D eigenvalue weighted by atomic mass is 79.9. The van der Waals surface area contributed by atoms with E-state index < -0.39 is 20.2 Å². The molecule has 0 N–H and O–H groups in total. The van der Waals surface area contributed by atoms with Crippen LogP contribution in [0.4, 0.5) is 4.39 Å². The summed E-state index contributed by atoms with van der Waals surface area (Å²) in [5.74, 6) is -1.49. The first kappa shape index (κ1) is 33.1. The quantitative estimate of drug-likeness (QED) is 0.0920. The van der Waals surface area contributed by atoms with Crippen LogP contribution in [-0.4, -0.2) is 48.2 Å². The number of aromatic nitrogens is 2. The summed E-state index contributed by atoms with van der Waals surface area (Å²) in [4.78, 5) is 37.1. The van der Waals surface area contributed by atoms with E-state index in [4.69, 9.17) is 9.16 Å². The predicted molar refractivity (Wildman–Crippen MR) is 183 cm³/mol. The molecule has 0 bridgehead atoms. The fourth-order valence-electron chi connectivity index (χ4n) is 5.74. The lowest BCUT2D eigenvalue weighted by molar-refractivity contribution is -0.131. The van der Waals surface area contributed by atoms with E-state index in [1.165, 1.54) is 19.1 Å². The van der Waals surface area contributed by atoms with Crippen LogP contribution in [-0.2, 0) is 15.8 Å². The Morgan fingerprint density at radius 1 is 0.891 bits per heavy atom. The SMILES string of the molecule is CC(=O)Oc1c(C(=O)N(CCO[Si](c2ccccc2)(c2ccccc2)C(C)(C)C)Cc2ccc(F)cc2)nc(Br)c2cccnc12. The average molecular weight is 701 g/mol. The zero-order valence-electron chi connectivity index (χ0n) is 26.2. The largest absolute Gasteiger partial charge is 0.422 e. The van der Waals surface area contributed by atoms with Gasteiger partial charge in [0.15, 0.2) is 11.4 Å². The van der Waals surface area contributed by atoms with E-state index in [2.05, 4.69) is 70.9 Å². The fraction of sp³-hybridized carbons (Fsp3) is 0.222. The van der Waals surface area contributed by atoms with Gasteiger partial charge < -0.3 is 14.1 Å². The Kier molecular flexibility index (Phi) is 10.1. The van der Waals surface area contributed by atoms with Gasteiger partial charge in [0.05, 0.1) is 6.61 Å². The van der Waals surface area contributed by atoms with E-state index in [1.54, 1.807) is 35.4 Å². The average Bonchev–Trinajstić information content (AvgIpc) is 3.04. The second-order valence-electron chi connectivity index (χ2n) is 11.9. The normalized spacial score (nSPS) is 11.8. The van der Waals surface area contributed by atoms with Gasteiger partial charge >= 0.3 is 5.97 Å². The number of fused-ring (bicyclic) bond motifs is 1. The molecule has 2 aromatic heterocycles. The number of nitrogens with zero attached hydrogens (tertiary/aromatic N) is 3. The molecule has 0 unspecified atom stereocenters. The van der Waals surface area contributed by atoms with Crippen molar-refractivity contribution < 1.29 is 23.1 Å². The van der Waals surface area contributed by atoms with Crippen LogP contribution >= 0.6 is 15.9 Å². The summed E-state index contributed by atoms with van der Waals surface area (Å²) in [7, 11) is -2.90. The van der Waals surface area contributed by atoms with Crippen molar-refractivity contribution in [3.05, 3.63) is 125 Å². The van der Waals surface area contributed by atoms with Crippen molar-refractivity contribution >= 4 is 57.4 Å². The summed E-state index contributed by atoms with van der Waals surface area (Å²) in [6.45, 7) is 8.36. The number of ether oxygens (including phenoxy) is 1. The number of amides is 1. The van der Waals surface area contributed by atoms with Gasteiger partial charge in [-0.1, -0.05) is 93.6 Å². The number of pyridine rings is 2. The summed E-state index contributed by atoms with van der Waals surface area (Å²) in [5.41, 5.74) is 0.973. The van der Waals surface area contributed by atoms with Gasteiger partial charge in [0.25, 0.3) is 14.2 Å². The topological polar surface area (TPSA) is 81.6 Å². The molecule has 236 valence electrons. The van der Waals surface area contributed by atoms with Crippen molar-refractivity contribution in [3.8, 4) is 5.75 Å². The van der Waals surface area contributed by atoms with Gasteiger partial charge in [-0.3, -0.25) is 14.6 Å². The number of hydrogen-bond donors (Lipinski definition) is 0. The van der Waals surface area contributed by atoms with Gasteiger partial charge in [0.2, 0.25) is 0 Å². The van der Waals surface area contributed by atoms with Crippen molar-refractivity contribution in [2.24, 2.45) is 0 Å². The van der Waals surface area contributed by atoms with Gasteiger partial charge in [-0.15, -0.1) is 0 Å². The van der Waals surface area contributed by atoms with Crippen LogP contribution in [0.25, 0.3) is 10.9 Å². The van der Waals surface area contributed by atoms with Crippen LogP contribution in [0.1, 0.15) is 43.7 Å². The third kappa shape index (κ3) is 6.94. The van der Waals surface area contributed by atoms with E-state index >= 15 is 0 Å². The van der Waals surface area contributed by atoms with Crippen LogP contribution < -0.4 is 15.1 Å². The number of halogens is 2. The van der Waals surface area contributed by atoms with Gasteiger partial charge in [-0.05, 0) is 61.2 Å². The Morgan fingerprint density at radius 3 is 2.07 bits per heavy atom. The second-order valence-corrected chi connectivity index (χ2v) is 17.0. The van der Waals surface area contributed by atoms with E-state index in [-0.39, 0.29) is 42.0 Å². The molecule has 0 saturated carbocycles. The number of carbonyl (C=O) groups is 2. The number of benzene rings is 3. The molecule has 0 radical (unpaired) electrons. The molecular weight excluding hydrogens is 665 g/mol. The first-order valence-electron chi connectivity index (χ1n) is 14.9. The van der Waals surface area contributed by atoms with Crippen molar-refractivity contribution in [1.82, 2.24) is 14.9 Å². The molecule has 7 nitrogen and oxygen atoms in total. The van der Waals surface area contributed by atoms with Crippen LogP contribution in [0.3, 0.4) is 0 Å². The molecule has 10 heteroatoms. The maximum absolute atomic E-state index is 14.4. The third-order valence-corrected chi connectivity index (χ3v) is 13.4. The Morgan fingerprint density at radius 2 is 1.50 bits per heavy atom. The first-order valence-corrected chi connectivity index (χ1v) is 17.6. The fourth-order valence-corrected chi connectivity index (χ4v) is 10.8. The third-order valence-electron chi connectivity index (χ3n) is 7.79. The minimum Gasteiger partial charge on any atom is -0.422 e. The van der Waals surface area contributed by atoms with Crippen LogP contribution in [0.15, 0.2) is 108 Å². The number of hydrogen-bond acceptors (Lipinski definition) is 6. The van der Waals surface area contributed by atoms with Crippen LogP contribution in [0.5, 0.6) is 5.75 Å². The highest BCUT2D eigenvalue weighted by Gasteiger charge is 2.50. The summed E-state index contributed by atoms with van der Waals surface area (Å²) < 4.78 is 26.9. The summed E-state index contributed by atoms with van der Waals surface area (Å²) in [6.07, 6.45) is 1.56. The highest BCUT2D eigenvalue weighted by molar-refractivity contribution is 9.10. The van der Waals surface area contributed by atoms with Crippen molar-refractivity contribution in [2.45, 2.75) is 39.3 Å². The lowest BCUT2D eigenvalue weighted by Crippen LogP contribution is -2.67. The van der Waals surface area contributed by atoms with Gasteiger partial charge in [0.1, 0.15) is 15.9 Å². The molecule has 3 aromatic carbocycles. The number of rotatable bonds is 10. The Labute approximate surface area is 277 Å². The predicted octanol–water partition coefficient (Wildman–Crippen LogP) is 6.68. The molecule has 0 aliphatic carbocycles. The molecule has 0 spiro atoms. The molecule has 0 saturated heterocycles. The molecule has 0 atom stereocenters. The number of carbonyl (C=O) groups excluding carboxylic acids is 2. The zero-order chi connectivity index (χ0) is 32.9. The highest BCUT2D eigenvalue weighted by Crippen LogP contribution is 2.37. The molecule has 5 aromatic rings. The van der Waals surface area contributed by atoms with Gasteiger partial charge in [0, 0.05) is 31.6 Å². The molecule has 46 heavy (non-hydrogen) atoms. The minimum atomic E-state index is -2.90. The maximum atomic E-state index is 14.4. The van der Waals surface area contributed by atoms with E-state index in [1.807, 2.05) is 36.4 Å². The summed E-state index contributed by atoms with van der Waals surface area (Å²) >= 11 is 3.47. The monoisotopic (exact) mass is 699 g/mol. The molecule has 0 fully saturated rings. The molecule has 1 amide bonds. The lowest BCUT2D eigenvalue weighted by Gasteiger charge is -2.43. The molecule has 0 aliphatic heterocycles. The number of esters is 1. The zero-order valence-corrected chi connectivity index (χ0v) is 28.8. The summed E-state index contributed by atoms with van der Waals surface area (Å²) in [5, 5.41) is 2.57. The molecule has 2 heterocycles. The van der Waals surface area contributed by atoms with E-state index in [0.717, 1.165) is 10.4 Å². The standard InChI is InChI=1S/C36H35BrFN3O4Si/c1-25(42)45-33-31-30(16-11-21-39-31)34(37)40-32(33)35(43)41(24-26-17-19-27(38)20-18-26)22-23-44-46(36(2,3)4,28-12-7-5-8-13-28)29-14-9-6-10-15-29/h5-21H,22-24H2,1-4H3. The van der Waals surface area contributed by atoms with E-state index in [0.29, 0.717) is 21.1 Å². The molecule has 0 aliphatic rings. The molecule has 5 rings (SSSR count). The smallest absolute Gasteiger partial charge is 0.308 e. The van der Waals surface area contributed by atoms with Gasteiger partial charge in [-0.25, -0.2) is 9.37 Å². The van der Waals surface area contributed by atoms with Crippen molar-refractivity contribution in [2.75, 3.05) is 13.2 Å². The Bertz CT molecular complexity index is 1790. The Hall–Kier alpha value is -4.25. The maximum Gasteiger partial charge on any atom is 0.308 e. The van der Waals surface area contributed by atoms with Crippen LogP contribution in [0.2, 0.25) is 5.04 Å². The van der Waals surface area contributed by atoms with Crippen LogP contribution in [0, 0.1) is 5.82 Å².